The van der Waals surface area contributed by atoms with Crippen molar-refractivity contribution >= 4 is 5.91 Å². The number of rotatable bonds is 5. The first-order chi connectivity index (χ1) is 15.9. The summed E-state index contributed by atoms with van der Waals surface area (Å²) in [6.45, 7) is 6.64. The second-order valence-electron chi connectivity index (χ2n) is 9.37. The molecule has 3 atom stereocenters. The van der Waals surface area contributed by atoms with Crippen LogP contribution in [0.2, 0.25) is 0 Å². The number of azo groups is 1. The summed E-state index contributed by atoms with van der Waals surface area (Å²) in [7, 11) is 1.66. The number of hydrogen-bond acceptors (Lipinski definition) is 6. The van der Waals surface area contributed by atoms with Crippen LogP contribution in [0, 0.1) is 6.92 Å². The highest BCUT2D eigenvalue weighted by atomic mass is 16.5. The van der Waals surface area contributed by atoms with E-state index in [0.717, 1.165) is 39.1 Å². The summed E-state index contributed by atoms with van der Waals surface area (Å²) in [5.41, 5.74) is 6.01. The minimum Gasteiger partial charge on any atom is -0.382 e. The van der Waals surface area contributed by atoms with Crippen molar-refractivity contribution in [2.75, 3.05) is 13.7 Å². The molecule has 2 N–H and O–H groups in total. The summed E-state index contributed by atoms with van der Waals surface area (Å²) < 4.78 is 5.41. The minimum absolute atomic E-state index is 0.0677. The lowest BCUT2D eigenvalue weighted by molar-refractivity contribution is -0.121. The van der Waals surface area contributed by atoms with E-state index in [-0.39, 0.29) is 12.1 Å². The molecule has 1 aromatic heterocycles. The molecule has 7 nitrogen and oxygen atoms in total. The fourth-order valence-electron chi connectivity index (χ4n) is 5.68. The third-order valence-electron chi connectivity index (χ3n) is 7.10. The zero-order chi connectivity index (χ0) is 23.2. The van der Waals surface area contributed by atoms with Crippen molar-refractivity contribution in [1.82, 2.24) is 15.6 Å². The Morgan fingerprint density at radius 3 is 2.88 bits per heavy atom. The number of aryl methyl sites for hydroxylation is 1. The second kappa shape index (κ2) is 7.92. The van der Waals surface area contributed by atoms with Crippen LogP contribution >= 0.6 is 0 Å². The molecule has 0 fully saturated rings. The molecular weight excluding hydrogens is 414 g/mol. The average Bonchev–Trinajstić information content (AvgIpc) is 3.26. The SMILES string of the molecule is CC[C@@]1(c2cccc(-c3ccncc3C)c2)C2=CN=NC2NC2=C1C(=O)NC(C)(COC)C2. The zero-order valence-corrected chi connectivity index (χ0v) is 19.5. The van der Waals surface area contributed by atoms with Crippen LogP contribution in [0.25, 0.3) is 11.1 Å². The van der Waals surface area contributed by atoms with Gasteiger partial charge in [0.1, 0.15) is 0 Å². The summed E-state index contributed by atoms with van der Waals surface area (Å²) >= 11 is 0. The maximum atomic E-state index is 13.7. The number of amides is 1. The van der Waals surface area contributed by atoms with Crippen LogP contribution in [-0.4, -0.2) is 36.3 Å². The number of nitrogens with zero attached hydrogens (tertiary/aromatic N) is 3. The van der Waals surface area contributed by atoms with Crippen molar-refractivity contribution in [3.8, 4) is 11.1 Å². The van der Waals surface area contributed by atoms with Crippen LogP contribution in [0.5, 0.6) is 0 Å². The maximum Gasteiger partial charge on any atom is 0.250 e. The predicted octanol–water partition coefficient (Wildman–Crippen LogP) is 4.16. The summed E-state index contributed by atoms with van der Waals surface area (Å²) in [4.78, 5) is 17.9. The molecule has 3 aliphatic heterocycles. The quantitative estimate of drug-likeness (QED) is 0.726. The first-order valence-electron chi connectivity index (χ1n) is 11.4. The molecule has 4 heterocycles. The van der Waals surface area contributed by atoms with E-state index in [9.17, 15) is 4.79 Å². The van der Waals surface area contributed by atoms with E-state index in [0.29, 0.717) is 19.4 Å². The van der Waals surface area contributed by atoms with Gasteiger partial charge >= 0.3 is 0 Å². The minimum atomic E-state index is -0.621. The number of hydrogen-bond donors (Lipinski definition) is 2. The van der Waals surface area contributed by atoms with Crippen molar-refractivity contribution in [2.24, 2.45) is 10.2 Å². The molecule has 0 aliphatic carbocycles. The average molecular weight is 444 g/mol. The van der Waals surface area contributed by atoms with Gasteiger partial charge in [0, 0.05) is 37.2 Å². The first-order valence-corrected chi connectivity index (χ1v) is 11.4. The van der Waals surface area contributed by atoms with Gasteiger partial charge in [0.05, 0.1) is 29.3 Å². The van der Waals surface area contributed by atoms with Crippen molar-refractivity contribution in [3.63, 3.8) is 0 Å². The van der Waals surface area contributed by atoms with E-state index in [1.54, 1.807) is 7.11 Å². The van der Waals surface area contributed by atoms with E-state index in [1.165, 1.54) is 0 Å². The molecule has 2 unspecified atom stereocenters. The molecule has 1 aromatic carbocycles. The molecule has 0 saturated heterocycles. The fraction of sp³-hybridized carbons (Fsp3) is 0.385. The second-order valence-corrected chi connectivity index (χ2v) is 9.37. The monoisotopic (exact) mass is 443 g/mol. The van der Waals surface area contributed by atoms with Crippen LogP contribution in [0.3, 0.4) is 0 Å². The van der Waals surface area contributed by atoms with Crippen LogP contribution in [0.1, 0.15) is 37.8 Å². The zero-order valence-electron chi connectivity index (χ0n) is 19.5. The molecular formula is C26H29N5O2. The highest BCUT2D eigenvalue weighted by Crippen LogP contribution is 2.51. The molecule has 3 aliphatic rings. The Morgan fingerprint density at radius 1 is 1.27 bits per heavy atom. The van der Waals surface area contributed by atoms with Crippen LogP contribution in [-0.2, 0) is 14.9 Å². The lowest BCUT2D eigenvalue weighted by Gasteiger charge is -2.48. The van der Waals surface area contributed by atoms with Crippen LogP contribution in [0.15, 0.2) is 76.0 Å². The highest BCUT2D eigenvalue weighted by molar-refractivity contribution is 6.00. The number of benzene rings is 1. The standard InChI is InChI=1S/C26H29N5O2/c1-5-26(18-8-6-7-17(11-18)19-9-10-27-13-16(19)2)20-14-28-31-23(20)29-21-12-25(3,15-33-4)30-24(32)22(21)26/h6-11,13-14,23,29H,5,12,15H2,1-4H3,(H,30,32)/t23?,25?,26-/m1/s1. The predicted molar refractivity (Wildman–Crippen MR) is 126 cm³/mol. The molecule has 170 valence electrons. The van der Waals surface area contributed by atoms with E-state index in [1.807, 2.05) is 31.6 Å². The number of nitrogens with one attached hydrogen (secondary N) is 2. The smallest absolute Gasteiger partial charge is 0.250 e. The van der Waals surface area contributed by atoms with Crippen molar-refractivity contribution in [2.45, 2.75) is 50.7 Å². The molecule has 1 amide bonds. The molecule has 2 aromatic rings. The lowest BCUT2D eigenvalue weighted by Crippen LogP contribution is -2.60. The normalized spacial score (nSPS) is 28.1. The maximum absolute atomic E-state index is 13.7. The summed E-state index contributed by atoms with van der Waals surface area (Å²) in [6, 6.07) is 10.5. The van der Waals surface area contributed by atoms with Gasteiger partial charge in [-0.1, -0.05) is 25.1 Å². The summed E-state index contributed by atoms with van der Waals surface area (Å²) in [5, 5.41) is 15.4. The number of fused-ring (bicyclic) bond motifs is 1. The lowest BCUT2D eigenvalue weighted by atomic mass is 9.62. The molecule has 0 radical (unpaired) electrons. The molecule has 0 spiro atoms. The van der Waals surface area contributed by atoms with Crippen LogP contribution in [0.4, 0.5) is 0 Å². The molecule has 7 heteroatoms. The molecule has 33 heavy (non-hydrogen) atoms. The number of ether oxygens (including phenoxy) is 1. The topological polar surface area (TPSA) is 88.0 Å². The van der Waals surface area contributed by atoms with E-state index in [2.05, 4.69) is 64.0 Å². The molecule has 0 saturated carbocycles. The van der Waals surface area contributed by atoms with Gasteiger partial charge in [-0.05, 0) is 54.7 Å². The Morgan fingerprint density at radius 2 is 2.12 bits per heavy atom. The largest absolute Gasteiger partial charge is 0.382 e. The van der Waals surface area contributed by atoms with Crippen molar-refractivity contribution in [1.29, 1.82) is 0 Å². The van der Waals surface area contributed by atoms with E-state index >= 15 is 0 Å². The van der Waals surface area contributed by atoms with Gasteiger partial charge in [0.25, 0.3) is 5.91 Å². The van der Waals surface area contributed by atoms with Gasteiger partial charge in [-0.25, -0.2) is 0 Å². The van der Waals surface area contributed by atoms with E-state index in [4.69, 9.17) is 4.74 Å². The highest BCUT2D eigenvalue weighted by Gasteiger charge is 2.53. The number of carbonyl (C=O) groups excluding carboxylic acids is 1. The third kappa shape index (κ3) is 3.30. The van der Waals surface area contributed by atoms with Gasteiger partial charge in [-0.3, -0.25) is 9.78 Å². The Labute approximate surface area is 194 Å². The van der Waals surface area contributed by atoms with Gasteiger partial charge in [0.15, 0.2) is 6.17 Å². The third-order valence-corrected chi connectivity index (χ3v) is 7.10. The number of pyridine rings is 1. The van der Waals surface area contributed by atoms with E-state index < -0.39 is 11.0 Å². The summed E-state index contributed by atoms with van der Waals surface area (Å²) in [5.74, 6) is -0.0677. The van der Waals surface area contributed by atoms with Crippen LogP contribution < -0.4 is 10.6 Å². The van der Waals surface area contributed by atoms with Crippen molar-refractivity contribution < 1.29 is 9.53 Å². The summed E-state index contributed by atoms with van der Waals surface area (Å²) in [6.07, 6.45) is 6.61. The Hall–Kier alpha value is -3.32. The fourth-order valence-corrected chi connectivity index (χ4v) is 5.68. The molecule has 0 bridgehead atoms. The Balaban J connectivity index is 1.71. The van der Waals surface area contributed by atoms with Gasteiger partial charge in [-0.2, -0.15) is 10.2 Å². The number of carbonyl (C=O) groups is 1. The molecule has 5 rings (SSSR count). The number of methoxy groups -OCH3 is 1. The Kier molecular flexibility index (Phi) is 5.16. The van der Waals surface area contributed by atoms with Gasteiger partial charge < -0.3 is 15.4 Å². The van der Waals surface area contributed by atoms with Gasteiger partial charge in [-0.15, -0.1) is 0 Å². The van der Waals surface area contributed by atoms with Gasteiger partial charge in [0.2, 0.25) is 0 Å². The first kappa shape index (κ1) is 21.5. The van der Waals surface area contributed by atoms with Crippen molar-refractivity contribution in [3.05, 3.63) is 76.9 Å². The Bertz CT molecular complexity index is 1220. The number of aromatic nitrogens is 1.